The van der Waals surface area contributed by atoms with E-state index >= 15 is 0 Å². The van der Waals surface area contributed by atoms with Gasteiger partial charge >= 0.3 is 0 Å². The second-order valence-electron chi connectivity index (χ2n) is 5.12. The maximum atomic E-state index is 9.64. The molecule has 0 saturated heterocycles. The summed E-state index contributed by atoms with van der Waals surface area (Å²) in [5.74, 6) is 0. The van der Waals surface area contributed by atoms with Crippen LogP contribution in [-0.2, 0) is 19.2 Å². The highest BCUT2D eigenvalue weighted by molar-refractivity contribution is 5.46. The van der Waals surface area contributed by atoms with Gasteiger partial charge in [-0.25, -0.2) is 0 Å². The van der Waals surface area contributed by atoms with Gasteiger partial charge in [0.15, 0.2) is 0 Å². The summed E-state index contributed by atoms with van der Waals surface area (Å²) in [5, 5.41) is 10.0. The standard InChI is InChI=1S/C6H11NO.C6H9NO.C5H9NO.C4H7NO/c2*1-2-3-4-5-7-6-8;1-2-3-4-6-5-7;1-2-3-5-4-6/h6H,1-5H2;3-4,6H,1-2,5H2;5H,1-4H2;4H,1-3H2/p+4/b;4-3-;;. The van der Waals surface area contributed by atoms with E-state index in [1.165, 1.54) is 0 Å². The zero-order chi connectivity index (χ0) is 22.8. The number of hydrogen-bond acceptors (Lipinski definition) is 4. The van der Waals surface area contributed by atoms with Gasteiger partial charge in [0.25, 0.3) is 0 Å². The number of unbranched alkanes of at least 4 members (excludes halogenated alkanes) is 3. The Balaban J connectivity index is -0.000000145. The van der Waals surface area contributed by atoms with E-state index in [0.29, 0.717) is 32.3 Å². The summed E-state index contributed by atoms with van der Waals surface area (Å²) in [5.41, 5.74) is 0. The van der Waals surface area contributed by atoms with Crippen LogP contribution in [0.1, 0.15) is 44.9 Å². The van der Waals surface area contributed by atoms with E-state index in [-0.39, 0.29) is 0 Å². The molecule has 0 aromatic heterocycles. The summed E-state index contributed by atoms with van der Waals surface area (Å²) < 4.78 is 0. The van der Waals surface area contributed by atoms with Gasteiger partial charge in [0, 0.05) is 26.1 Å². The second kappa shape index (κ2) is 44.5. The molecule has 0 rings (SSSR count). The van der Waals surface area contributed by atoms with Crippen LogP contribution in [0.4, 0.5) is 0 Å². The van der Waals surface area contributed by atoms with Crippen LogP contribution < -0.4 is 21.3 Å². The van der Waals surface area contributed by atoms with E-state index in [2.05, 4.69) is 49.0 Å². The average molecular weight is 413 g/mol. The molecule has 0 aliphatic carbocycles. The van der Waals surface area contributed by atoms with Gasteiger partial charge in [0.05, 0.1) is 47.1 Å². The van der Waals surface area contributed by atoms with Crippen LogP contribution in [0.5, 0.6) is 0 Å². The predicted octanol–water partition coefficient (Wildman–Crippen LogP) is 1.55. The lowest BCUT2D eigenvalue weighted by atomic mass is 10.2. The van der Waals surface area contributed by atoms with E-state index in [0.717, 1.165) is 64.4 Å². The smallest absolute Gasteiger partial charge is 0.207 e. The minimum Gasteiger partial charge on any atom is -0.359 e. The summed E-state index contributed by atoms with van der Waals surface area (Å²) in [6.07, 6.45) is 13.0. The highest BCUT2D eigenvalue weighted by atomic mass is 16.1. The number of hydrogen-bond donors (Lipinski definition) is 4. The molecule has 0 heterocycles. The largest absolute Gasteiger partial charge is 0.359 e. The minimum atomic E-state index is 0.610. The van der Waals surface area contributed by atoms with Crippen LogP contribution in [0.15, 0.2) is 12.2 Å². The minimum absolute atomic E-state index is 0.610. The summed E-state index contributed by atoms with van der Waals surface area (Å²) in [6.45, 7) is 17.2. The molecule has 4 amide bonds. The third-order valence-electron chi connectivity index (χ3n) is 2.62. The first-order valence-electron chi connectivity index (χ1n) is 9.66. The second-order valence-corrected chi connectivity index (χ2v) is 5.12. The van der Waals surface area contributed by atoms with Gasteiger partial charge in [-0.3, -0.25) is 19.2 Å². The molecule has 8 heteroatoms. The Morgan fingerprint density at radius 3 is 1.38 bits per heavy atom. The molecule has 0 radical (unpaired) electrons. The molecule has 0 bridgehead atoms. The Morgan fingerprint density at radius 1 is 0.517 bits per heavy atom. The van der Waals surface area contributed by atoms with Crippen molar-refractivity contribution in [3.8, 4) is 0 Å². The summed E-state index contributed by atoms with van der Waals surface area (Å²) in [6, 6.07) is 0. The van der Waals surface area contributed by atoms with E-state index in [1.54, 1.807) is 0 Å². The monoisotopic (exact) mass is 412 g/mol. The van der Waals surface area contributed by atoms with Gasteiger partial charge < -0.3 is 21.3 Å². The molecule has 0 atom stereocenters. The molecule has 164 valence electrons. The third kappa shape index (κ3) is 67.4. The molecule has 0 aliphatic heterocycles. The molecular weight excluding hydrogens is 372 g/mol. The van der Waals surface area contributed by atoms with Crippen molar-refractivity contribution in [1.82, 2.24) is 21.3 Å². The molecule has 0 unspecified atom stereocenters. The SMILES string of the molecule is [CH2+]C/C=C\CNC=O.[CH2+]CCCCNC=O.[CH2+]CCCNC=O.[CH2+]CCNC=O. The van der Waals surface area contributed by atoms with Crippen molar-refractivity contribution in [2.45, 2.75) is 44.9 Å². The van der Waals surface area contributed by atoms with Crippen molar-refractivity contribution >= 4 is 25.6 Å². The Hall–Kier alpha value is -2.90. The fourth-order valence-corrected chi connectivity index (χ4v) is 1.23. The molecule has 0 aromatic rings. The summed E-state index contributed by atoms with van der Waals surface area (Å²) in [4.78, 5) is 38.2. The zero-order valence-electron chi connectivity index (χ0n) is 17.7. The number of amides is 4. The number of rotatable bonds is 16. The normalized spacial score (nSPS) is 8.41. The Morgan fingerprint density at radius 2 is 1.00 bits per heavy atom. The van der Waals surface area contributed by atoms with Crippen LogP contribution in [-0.4, -0.2) is 51.8 Å². The maximum absolute atomic E-state index is 9.64. The molecule has 0 spiro atoms. The van der Waals surface area contributed by atoms with Crippen molar-refractivity contribution in [2.75, 3.05) is 26.2 Å². The maximum Gasteiger partial charge on any atom is 0.207 e. The first kappa shape index (κ1) is 33.7. The van der Waals surface area contributed by atoms with Gasteiger partial charge in [-0.1, -0.05) is 6.08 Å². The number of allylic oxidation sites excluding steroid dienone is 1. The number of nitrogens with one attached hydrogen (secondary N) is 4. The molecule has 0 saturated carbocycles. The van der Waals surface area contributed by atoms with E-state index < -0.39 is 0 Å². The molecule has 0 aliphatic rings. The van der Waals surface area contributed by atoms with E-state index in [1.807, 2.05) is 12.2 Å². The molecule has 29 heavy (non-hydrogen) atoms. The summed E-state index contributed by atoms with van der Waals surface area (Å²) >= 11 is 0. The van der Waals surface area contributed by atoms with Crippen molar-refractivity contribution in [1.29, 1.82) is 0 Å². The first-order chi connectivity index (χ1) is 14.2. The number of carbonyl (C=O) groups excluding carboxylic acids is 4. The van der Waals surface area contributed by atoms with Crippen LogP contribution >= 0.6 is 0 Å². The van der Waals surface area contributed by atoms with Gasteiger partial charge in [0.2, 0.25) is 25.6 Å². The Bertz CT molecular complexity index is 341. The zero-order valence-corrected chi connectivity index (χ0v) is 17.7. The van der Waals surface area contributed by atoms with Crippen molar-refractivity contribution in [2.24, 2.45) is 0 Å². The number of carbonyl (C=O) groups is 4. The van der Waals surface area contributed by atoms with Gasteiger partial charge in [-0.05, 0) is 18.9 Å². The van der Waals surface area contributed by atoms with Gasteiger partial charge in [-0.2, -0.15) is 0 Å². The molecule has 0 fully saturated rings. The van der Waals surface area contributed by atoms with Crippen LogP contribution in [0.25, 0.3) is 0 Å². The topological polar surface area (TPSA) is 116 Å². The van der Waals surface area contributed by atoms with E-state index in [4.69, 9.17) is 0 Å². The fraction of sp³-hybridized carbons (Fsp3) is 0.524. The molecule has 8 nitrogen and oxygen atoms in total. The predicted molar refractivity (Wildman–Crippen MR) is 119 cm³/mol. The van der Waals surface area contributed by atoms with Crippen molar-refractivity contribution in [3.05, 3.63) is 39.8 Å². The van der Waals surface area contributed by atoms with Crippen LogP contribution in [0.3, 0.4) is 0 Å². The van der Waals surface area contributed by atoms with Crippen molar-refractivity contribution < 1.29 is 19.2 Å². The average Bonchev–Trinajstić information content (AvgIpc) is 2.75. The third-order valence-corrected chi connectivity index (χ3v) is 2.62. The first-order valence-corrected chi connectivity index (χ1v) is 9.66. The molecular formula is C21H40N4O4+4. The van der Waals surface area contributed by atoms with Crippen LogP contribution in [0.2, 0.25) is 0 Å². The molecule has 4 N–H and O–H groups in total. The highest BCUT2D eigenvalue weighted by Gasteiger charge is 1.84. The Kier molecular flexibility index (Phi) is 51.7. The Labute approximate surface area is 177 Å². The lowest BCUT2D eigenvalue weighted by Gasteiger charge is -1.91. The highest BCUT2D eigenvalue weighted by Crippen LogP contribution is 1.89. The molecule has 0 aromatic carbocycles. The van der Waals surface area contributed by atoms with Crippen molar-refractivity contribution in [3.63, 3.8) is 0 Å². The fourth-order valence-electron chi connectivity index (χ4n) is 1.23. The van der Waals surface area contributed by atoms with Gasteiger partial charge in [0.1, 0.15) is 12.8 Å². The van der Waals surface area contributed by atoms with Gasteiger partial charge in [-0.15, -0.1) is 0 Å². The van der Waals surface area contributed by atoms with E-state index in [9.17, 15) is 19.2 Å². The quantitative estimate of drug-likeness (QED) is 0.133. The summed E-state index contributed by atoms with van der Waals surface area (Å²) in [7, 11) is 0. The lowest BCUT2D eigenvalue weighted by Crippen LogP contribution is -2.11. The van der Waals surface area contributed by atoms with Crippen LogP contribution in [0, 0.1) is 27.7 Å². The lowest BCUT2D eigenvalue weighted by molar-refractivity contribution is -0.110.